The van der Waals surface area contributed by atoms with Crippen LogP contribution < -0.4 is 10.6 Å². The van der Waals surface area contributed by atoms with Crippen molar-refractivity contribution in [3.05, 3.63) is 74.6 Å². The van der Waals surface area contributed by atoms with Gasteiger partial charge in [0, 0.05) is 16.5 Å². The predicted octanol–water partition coefficient (Wildman–Crippen LogP) is 3.08. The summed E-state index contributed by atoms with van der Waals surface area (Å²) in [6.07, 6.45) is 0. The summed E-state index contributed by atoms with van der Waals surface area (Å²) in [7, 11) is 0. The van der Waals surface area contributed by atoms with Gasteiger partial charge in [-0.2, -0.15) is 11.3 Å². The van der Waals surface area contributed by atoms with Crippen LogP contribution in [0, 0.1) is 11.6 Å². The molecule has 0 saturated carbocycles. The van der Waals surface area contributed by atoms with Crippen molar-refractivity contribution < 1.29 is 23.5 Å². The van der Waals surface area contributed by atoms with E-state index in [9.17, 15) is 23.5 Å². The summed E-state index contributed by atoms with van der Waals surface area (Å²) < 4.78 is 26.8. The fourth-order valence-corrected chi connectivity index (χ4v) is 3.98. The van der Waals surface area contributed by atoms with Crippen LogP contribution in [0.4, 0.5) is 14.5 Å². The second-order valence-electron chi connectivity index (χ2n) is 5.61. The van der Waals surface area contributed by atoms with Crippen molar-refractivity contribution in [2.45, 2.75) is 5.60 Å². The monoisotopic (exact) mass is 408 g/mol. The molecule has 0 aliphatic heterocycles. The predicted molar refractivity (Wildman–Crippen MR) is 99.6 cm³/mol. The highest BCUT2D eigenvalue weighted by Gasteiger charge is 2.34. The first kappa shape index (κ1) is 19.2. The Bertz CT molecular complexity index is 909. The maximum atomic E-state index is 13.6. The molecule has 0 saturated heterocycles. The molecule has 27 heavy (non-hydrogen) atoms. The van der Waals surface area contributed by atoms with Crippen molar-refractivity contribution in [2.24, 2.45) is 0 Å². The number of aliphatic hydroxyl groups is 1. The highest BCUT2D eigenvalue weighted by atomic mass is 32.1. The average molecular weight is 408 g/mol. The van der Waals surface area contributed by atoms with E-state index in [1.54, 1.807) is 34.3 Å². The topological polar surface area (TPSA) is 78.4 Å². The number of hydrogen-bond acceptors (Lipinski definition) is 5. The number of rotatable bonds is 5. The molecule has 3 rings (SSSR count). The third kappa shape index (κ3) is 4.21. The summed E-state index contributed by atoms with van der Waals surface area (Å²) >= 11 is 2.69. The van der Waals surface area contributed by atoms with E-state index < -0.39 is 34.7 Å². The lowest BCUT2D eigenvalue weighted by atomic mass is 9.94. The van der Waals surface area contributed by atoms with E-state index in [1.807, 2.05) is 5.32 Å². The summed E-state index contributed by atoms with van der Waals surface area (Å²) in [6.45, 7) is -0.262. The van der Waals surface area contributed by atoms with Gasteiger partial charge in [-0.15, -0.1) is 11.3 Å². The van der Waals surface area contributed by atoms with Crippen molar-refractivity contribution in [1.29, 1.82) is 0 Å². The second-order valence-corrected chi connectivity index (χ2v) is 7.34. The van der Waals surface area contributed by atoms with Gasteiger partial charge in [0.25, 0.3) is 0 Å². The third-order valence-electron chi connectivity index (χ3n) is 3.82. The van der Waals surface area contributed by atoms with E-state index in [0.717, 1.165) is 18.2 Å². The number of hydrogen-bond donors (Lipinski definition) is 3. The van der Waals surface area contributed by atoms with Gasteiger partial charge in [-0.3, -0.25) is 9.59 Å². The Morgan fingerprint density at radius 3 is 2.59 bits per heavy atom. The van der Waals surface area contributed by atoms with Gasteiger partial charge in [-0.1, -0.05) is 6.07 Å². The number of thiophene rings is 2. The van der Waals surface area contributed by atoms with Crippen LogP contribution in [0.25, 0.3) is 0 Å². The highest BCUT2D eigenvalue weighted by molar-refractivity contribution is 7.10. The van der Waals surface area contributed by atoms with Crippen LogP contribution in [-0.4, -0.2) is 23.5 Å². The van der Waals surface area contributed by atoms with Crippen LogP contribution in [-0.2, 0) is 15.2 Å². The number of carbonyl (C=O) groups excluding carboxylic acids is 2. The quantitative estimate of drug-likeness (QED) is 0.568. The van der Waals surface area contributed by atoms with Crippen LogP contribution in [0.1, 0.15) is 10.4 Å². The molecule has 9 heteroatoms. The zero-order valence-electron chi connectivity index (χ0n) is 13.7. The number of nitrogens with one attached hydrogen (secondary N) is 2. The molecule has 1 atom stereocenters. The summed E-state index contributed by atoms with van der Waals surface area (Å²) in [5.41, 5.74) is -1.37. The van der Waals surface area contributed by atoms with Gasteiger partial charge < -0.3 is 15.7 Å². The molecule has 0 fully saturated rings. The van der Waals surface area contributed by atoms with Crippen LogP contribution in [0.2, 0.25) is 0 Å². The van der Waals surface area contributed by atoms with Crippen LogP contribution in [0.15, 0.2) is 52.5 Å². The summed E-state index contributed by atoms with van der Waals surface area (Å²) in [5, 5.41) is 20.8. The summed E-state index contributed by atoms with van der Waals surface area (Å²) in [4.78, 5) is 24.7. The Morgan fingerprint density at radius 1 is 1.11 bits per heavy atom. The molecule has 0 aliphatic rings. The number of anilines is 1. The van der Waals surface area contributed by atoms with Crippen molar-refractivity contribution in [3.8, 4) is 0 Å². The first-order valence-electron chi connectivity index (χ1n) is 7.73. The summed E-state index contributed by atoms with van der Waals surface area (Å²) in [5.74, 6) is -3.87. The lowest BCUT2D eigenvalue weighted by molar-refractivity contribution is -0.136. The van der Waals surface area contributed by atoms with E-state index >= 15 is 0 Å². The molecule has 1 unspecified atom stereocenters. The fourth-order valence-electron chi connectivity index (χ4n) is 2.41. The minimum atomic E-state index is -1.51. The van der Waals surface area contributed by atoms with Crippen LogP contribution in [0.5, 0.6) is 0 Å². The maximum absolute atomic E-state index is 13.6. The lowest BCUT2D eigenvalue weighted by Crippen LogP contribution is -2.44. The molecule has 2 amide bonds. The third-order valence-corrected chi connectivity index (χ3v) is 5.52. The van der Waals surface area contributed by atoms with E-state index in [1.165, 1.54) is 22.7 Å². The normalized spacial score (nSPS) is 13.0. The van der Waals surface area contributed by atoms with E-state index in [4.69, 9.17) is 0 Å². The highest BCUT2D eigenvalue weighted by Crippen LogP contribution is 2.33. The molecular weight excluding hydrogens is 394 g/mol. The Labute approximate surface area is 161 Å². The smallest absolute Gasteiger partial charge is 0.313 e. The molecule has 5 nitrogen and oxygen atoms in total. The Kier molecular flexibility index (Phi) is 5.64. The minimum Gasteiger partial charge on any atom is -0.378 e. The minimum absolute atomic E-state index is 0.262. The zero-order chi connectivity index (χ0) is 19.4. The maximum Gasteiger partial charge on any atom is 0.313 e. The van der Waals surface area contributed by atoms with Gasteiger partial charge in [0.15, 0.2) is 0 Å². The van der Waals surface area contributed by atoms with E-state index in [0.29, 0.717) is 10.4 Å². The van der Waals surface area contributed by atoms with Gasteiger partial charge in [-0.05, 0) is 40.4 Å². The molecule has 1 aromatic carbocycles. The second kappa shape index (κ2) is 7.95. The Balaban J connectivity index is 1.71. The van der Waals surface area contributed by atoms with Crippen molar-refractivity contribution in [2.75, 3.05) is 11.9 Å². The standard InChI is InChI=1S/C18H14F2N2O3S2/c19-12-3-4-13(20)14(8-12)22-17(24)16(23)21-10-18(25,11-5-7-26-9-11)15-2-1-6-27-15/h1-9,25H,10H2,(H,21,23)(H,22,24). The molecule has 0 bridgehead atoms. The molecular formula is C18H14F2N2O3S2. The fraction of sp³-hybridized carbons (Fsp3) is 0.111. The largest absolute Gasteiger partial charge is 0.378 e. The van der Waals surface area contributed by atoms with Crippen LogP contribution in [0.3, 0.4) is 0 Å². The molecule has 0 aliphatic carbocycles. The van der Waals surface area contributed by atoms with Gasteiger partial charge in [-0.25, -0.2) is 8.78 Å². The van der Waals surface area contributed by atoms with E-state index in [-0.39, 0.29) is 6.54 Å². The lowest BCUT2D eigenvalue weighted by Gasteiger charge is -2.26. The first-order valence-corrected chi connectivity index (χ1v) is 9.55. The Hall–Kier alpha value is -2.62. The molecule has 2 aromatic heterocycles. The summed E-state index contributed by atoms with van der Waals surface area (Å²) in [6, 6.07) is 7.71. The zero-order valence-corrected chi connectivity index (χ0v) is 15.4. The number of amides is 2. The first-order chi connectivity index (χ1) is 12.9. The number of carbonyl (C=O) groups is 2. The molecule has 140 valence electrons. The van der Waals surface area contributed by atoms with E-state index in [2.05, 4.69) is 5.32 Å². The molecule has 3 N–H and O–H groups in total. The Morgan fingerprint density at radius 2 is 1.93 bits per heavy atom. The van der Waals surface area contributed by atoms with Crippen LogP contribution >= 0.6 is 22.7 Å². The van der Waals surface area contributed by atoms with Crippen molar-refractivity contribution in [3.63, 3.8) is 0 Å². The molecule has 0 radical (unpaired) electrons. The van der Waals surface area contributed by atoms with Gasteiger partial charge in [0.1, 0.15) is 17.2 Å². The molecule has 0 spiro atoms. The van der Waals surface area contributed by atoms with Gasteiger partial charge in [0.2, 0.25) is 0 Å². The van der Waals surface area contributed by atoms with Crippen molar-refractivity contribution >= 4 is 40.2 Å². The van der Waals surface area contributed by atoms with Crippen molar-refractivity contribution in [1.82, 2.24) is 5.32 Å². The van der Waals surface area contributed by atoms with Gasteiger partial charge >= 0.3 is 11.8 Å². The SMILES string of the molecule is O=C(NCC(O)(c1ccsc1)c1cccs1)C(=O)Nc1cc(F)ccc1F. The van der Waals surface area contributed by atoms with Gasteiger partial charge in [0.05, 0.1) is 12.2 Å². The molecule has 2 heterocycles. The average Bonchev–Trinajstić information content (AvgIpc) is 3.36. The number of benzene rings is 1. The molecule has 3 aromatic rings. The number of halogens is 2.